The summed E-state index contributed by atoms with van der Waals surface area (Å²) < 4.78 is 37.4. The maximum Gasteiger partial charge on any atom is 0.408 e. The topological polar surface area (TPSA) is 189 Å². The van der Waals surface area contributed by atoms with E-state index in [1.807, 2.05) is 13.8 Å². The number of alkyl carbamates (subject to hydrolysis) is 1. The zero-order valence-corrected chi connectivity index (χ0v) is 22.6. The molecule has 38 heavy (non-hydrogen) atoms. The van der Waals surface area contributed by atoms with Crippen LogP contribution < -0.4 is 16.2 Å². The number of hydrogen-bond acceptors (Lipinski definition) is 9. The first-order chi connectivity index (χ1) is 17.7. The first-order valence-electron chi connectivity index (χ1n) is 11.6. The monoisotopic (exact) mass is 548 g/mol. The number of carbonyl (C=O) groups is 3. The molecule has 14 heteroatoms. The third kappa shape index (κ3) is 10.2. The van der Waals surface area contributed by atoms with Crippen LogP contribution in [0.3, 0.4) is 0 Å². The zero-order valence-electron chi connectivity index (χ0n) is 21.8. The fraction of sp³-hybridized carbons (Fsp3) is 0.417. The van der Waals surface area contributed by atoms with Gasteiger partial charge in [0.1, 0.15) is 11.6 Å². The fourth-order valence-corrected chi connectivity index (χ4v) is 3.79. The van der Waals surface area contributed by atoms with Gasteiger partial charge in [-0.05, 0) is 56.9 Å². The Morgan fingerprint density at radius 2 is 1.76 bits per heavy atom. The molecule has 0 saturated carbocycles. The summed E-state index contributed by atoms with van der Waals surface area (Å²) in [5, 5.41) is 10.3. The van der Waals surface area contributed by atoms with Gasteiger partial charge in [-0.15, -0.1) is 5.11 Å². The number of nitrogens with zero attached hydrogens (tertiary/aromatic N) is 3. The van der Waals surface area contributed by atoms with E-state index >= 15 is 0 Å². The maximum atomic E-state index is 12.6. The highest BCUT2D eigenvalue weighted by molar-refractivity contribution is 7.85. The minimum absolute atomic E-state index is 0.0730. The maximum absolute atomic E-state index is 12.6. The van der Waals surface area contributed by atoms with Gasteiger partial charge in [-0.2, -0.15) is 13.5 Å². The SMILES string of the molecule is CC(C)C[C@H](NC(=O)OC(C)(C)C)C(=O)NNC(=O)c1ccc(N=NCc2ccccc2S(=O)(=O)O)nc1. The van der Waals surface area contributed by atoms with E-state index in [1.54, 1.807) is 26.8 Å². The van der Waals surface area contributed by atoms with Gasteiger partial charge in [0.05, 0.1) is 17.0 Å². The van der Waals surface area contributed by atoms with Crippen molar-refractivity contribution in [2.75, 3.05) is 0 Å². The van der Waals surface area contributed by atoms with Crippen molar-refractivity contribution >= 4 is 33.8 Å². The van der Waals surface area contributed by atoms with E-state index < -0.39 is 39.7 Å². The van der Waals surface area contributed by atoms with Crippen molar-refractivity contribution in [3.63, 3.8) is 0 Å². The molecule has 0 fully saturated rings. The second-order valence-electron chi connectivity index (χ2n) is 9.66. The van der Waals surface area contributed by atoms with Gasteiger partial charge in [-0.3, -0.25) is 25.0 Å². The molecule has 1 atom stereocenters. The summed E-state index contributed by atoms with van der Waals surface area (Å²) >= 11 is 0. The van der Waals surface area contributed by atoms with Gasteiger partial charge in [-0.1, -0.05) is 32.0 Å². The first kappa shape index (κ1) is 30.3. The van der Waals surface area contributed by atoms with Crippen LogP contribution in [0.5, 0.6) is 0 Å². The molecule has 0 aliphatic carbocycles. The van der Waals surface area contributed by atoms with E-state index in [1.165, 1.54) is 36.5 Å². The molecular formula is C24H32N6O7S. The van der Waals surface area contributed by atoms with Crippen molar-refractivity contribution < 1.29 is 32.1 Å². The minimum atomic E-state index is -4.40. The molecular weight excluding hydrogens is 516 g/mol. The number of pyridine rings is 1. The second kappa shape index (κ2) is 13.1. The molecule has 2 rings (SSSR count). The number of rotatable bonds is 9. The Morgan fingerprint density at radius 3 is 2.34 bits per heavy atom. The number of hydrazine groups is 1. The Kier molecular flexibility index (Phi) is 10.4. The van der Waals surface area contributed by atoms with E-state index in [-0.39, 0.29) is 34.3 Å². The van der Waals surface area contributed by atoms with Crippen LogP contribution in [0.4, 0.5) is 10.6 Å². The lowest BCUT2D eigenvalue weighted by molar-refractivity contribution is -0.124. The van der Waals surface area contributed by atoms with E-state index in [4.69, 9.17) is 4.74 Å². The third-order valence-electron chi connectivity index (χ3n) is 4.69. The Morgan fingerprint density at radius 1 is 1.08 bits per heavy atom. The van der Waals surface area contributed by atoms with Crippen molar-refractivity contribution in [2.24, 2.45) is 16.1 Å². The van der Waals surface area contributed by atoms with Crippen molar-refractivity contribution in [3.8, 4) is 0 Å². The van der Waals surface area contributed by atoms with Crippen LogP contribution in [-0.2, 0) is 26.2 Å². The number of amides is 3. The van der Waals surface area contributed by atoms with E-state index in [9.17, 15) is 27.4 Å². The predicted octanol–water partition coefficient (Wildman–Crippen LogP) is 3.31. The Hall–Kier alpha value is -3.91. The van der Waals surface area contributed by atoms with E-state index in [2.05, 4.69) is 31.4 Å². The molecule has 2 aromatic rings. The summed E-state index contributed by atoms with van der Waals surface area (Å²) in [5.41, 5.74) is 4.19. The number of carbonyl (C=O) groups excluding carboxylic acids is 3. The number of benzene rings is 1. The van der Waals surface area contributed by atoms with Gasteiger partial charge in [0.15, 0.2) is 5.82 Å². The number of nitrogens with one attached hydrogen (secondary N) is 3. The molecule has 4 N–H and O–H groups in total. The lowest BCUT2D eigenvalue weighted by Gasteiger charge is -2.24. The smallest absolute Gasteiger partial charge is 0.408 e. The summed E-state index contributed by atoms with van der Waals surface area (Å²) in [6.07, 6.45) is 0.781. The summed E-state index contributed by atoms with van der Waals surface area (Å²) in [6, 6.07) is 7.69. The number of azo groups is 1. The molecule has 0 unspecified atom stereocenters. The lowest BCUT2D eigenvalue weighted by Crippen LogP contribution is -2.53. The normalized spacial score (nSPS) is 12.7. The molecule has 206 valence electrons. The lowest BCUT2D eigenvalue weighted by atomic mass is 10.0. The molecule has 1 heterocycles. The summed E-state index contributed by atoms with van der Waals surface area (Å²) in [4.78, 5) is 40.9. The number of hydrogen-bond donors (Lipinski definition) is 4. The Balaban J connectivity index is 1.96. The van der Waals surface area contributed by atoms with Crippen molar-refractivity contribution in [3.05, 3.63) is 53.7 Å². The van der Waals surface area contributed by atoms with Crippen LogP contribution >= 0.6 is 0 Å². The van der Waals surface area contributed by atoms with Crippen molar-refractivity contribution in [1.29, 1.82) is 0 Å². The molecule has 13 nitrogen and oxygen atoms in total. The van der Waals surface area contributed by atoms with Crippen LogP contribution in [0.25, 0.3) is 0 Å². The summed E-state index contributed by atoms with van der Waals surface area (Å²) in [5.74, 6) is -1.06. The first-order valence-corrected chi connectivity index (χ1v) is 13.1. The van der Waals surface area contributed by atoms with Gasteiger partial charge in [-0.25, -0.2) is 9.78 Å². The van der Waals surface area contributed by atoms with Crippen LogP contribution in [0, 0.1) is 5.92 Å². The van der Waals surface area contributed by atoms with E-state index in [0.29, 0.717) is 6.42 Å². The molecule has 0 bridgehead atoms. The molecule has 0 saturated heterocycles. The third-order valence-corrected chi connectivity index (χ3v) is 5.64. The number of aromatic nitrogens is 1. The standard InChI is InChI=1S/C24H32N6O7S/c1-15(2)12-18(27-23(33)37-24(3,4)5)22(32)30-29-21(31)17-10-11-20(25-13-17)28-26-14-16-8-6-7-9-19(16)38(34,35)36/h6-11,13,15,18H,12,14H2,1-5H3,(H,27,33)(H,29,31)(H,30,32)(H,34,35,36)/t18-/m0/s1. The molecule has 0 radical (unpaired) electrons. The van der Waals surface area contributed by atoms with Crippen LogP contribution in [0.15, 0.2) is 57.7 Å². The van der Waals surface area contributed by atoms with E-state index in [0.717, 1.165) is 0 Å². The van der Waals surface area contributed by atoms with Gasteiger partial charge in [0, 0.05) is 6.20 Å². The molecule has 0 aliphatic rings. The van der Waals surface area contributed by atoms with Gasteiger partial charge in [0.2, 0.25) is 0 Å². The Labute approximate surface area is 221 Å². The molecule has 0 aliphatic heterocycles. The van der Waals surface area contributed by atoms with Crippen molar-refractivity contribution in [1.82, 2.24) is 21.2 Å². The molecule has 0 spiro atoms. The Bertz CT molecular complexity index is 1270. The molecule has 1 aromatic heterocycles. The quantitative estimate of drug-likeness (QED) is 0.208. The highest BCUT2D eigenvalue weighted by Gasteiger charge is 2.25. The molecule has 1 aromatic carbocycles. The van der Waals surface area contributed by atoms with Crippen LogP contribution in [-0.4, -0.2) is 47.5 Å². The van der Waals surface area contributed by atoms with Crippen LogP contribution in [0.1, 0.15) is 57.0 Å². The van der Waals surface area contributed by atoms with Gasteiger partial charge in [0.25, 0.3) is 21.9 Å². The molecule has 3 amide bonds. The van der Waals surface area contributed by atoms with Crippen LogP contribution in [0.2, 0.25) is 0 Å². The predicted molar refractivity (Wildman–Crippen MR) is 137 cm³/mol. The fourth-order valence-electron chi connectivity index (χ4n) is 3.08. The highest BCUT2D eigenvalue weighted by atomic mass is 32.2. The number of ether oxygens (including phenoxy) is 1. The van der Waals surface area contributed by atoms with Gasteiger partial charge >= 0.3 is 6.09 Å². The minimum Gasteiger partial charge on any atom is -0.444 e. The average molecular weight is 549 g/mol. The summed E-state index contributed by atoms with van der Waals surface area (Å²) in [6.45, 7) is 8.75. The van der Waals surface area contributed by atoms with Gasteiger partial charge < -0.3 is 10.1 Å². The second-order valence-corrected chi connectivity index (χ2v) is 11.0. The average Bonchev–Trinajstić information content (AvgIpc) is 2.80. The summed E-state index contributed by atoms with van der Waals surface area (Å²) in [7, 11) is -4.40. The largest absolute Gasteiger partial charge is 0.444 e. The van der Waals surface area contributed by atoms with Crippen molar-refractivity contribution in [2.45, 2.75) is 64.1 Å². The zero-order chi connectivity index (χ0) is 28.5. The highest BCUT2D eigenvalue weighted by Crippen LogP contribution is 2.17.